The number of aryl methyl sites for hydroxylation is 1. The van der Waals surface area contributed by atoms with Gasteiger partial charge in [-0.1, -0.05) is 25.8 Å². The molecule has 2 heterocycles. The van der Waals surface area contributed by atoms with Crippen molar-refractivity contribution in [2.45, 2.75) is 58.5 Å². The standard InChI is InChI=1S/C20H27N3O3/c1-5-10-22-14(3)11-16(15(22)4)17(24)12-23-18(25)20(21-19(23)26)9-7-6-8-13(20)2/h5,11,13H,1,6-10,12H2,2-4H3,(H,21,26)/t13-,20+/m0/s1. The van der Waals surface area contributed by atoms with E-state index in [1.54, 1.807) is 6.08 Å². The number of hydrogen-bond donors (Lipinski definition) is 1. The van der Waals surface area contributed by atoms with E-state index in [2.05, 4.69) is 11.9 Å². The largest absolute Gasteiger partial charge is 0.345 e. The van der Waals surface area contributed by atoms with Crippen LogP contribution in [0.2, 0.25) is 0 Å². The number of Topliss-reactive ketones (excluding diaryl/α,β-unsaturated/α-hetero) is 1. The lowest BCUT2D eigenvalue weighted by atomic mass is 9.73. The predicted octanol–water partition coefficient (Wildman–Crippen LogP) is 2.97. The monoisotopic (exact) mass is 357 g/mol. The molecule has 1 aromatic rings. The lowest BCUT2D eigenvalue weighted by molar-refractivity contribution is -0.133. The molecule has 140 valence electrons. The summed E-state index contributed by atoms with van der Waals surface area (Å²) in [7, 11) is 0. The molecule has 6 nitrogen and oxygen atoms in total. The van der Waals surface area contributed by atoms with Crippen LogP contribution in [0.3, 0.4) is 0 Å². The molecule has 0 radical (unpaired) electrons. The Bertz CT molecular complexity index is 780. The molecule has 1 N–H and O–H groups in total. The van der Waals surface area contributed by atoms with Gasteiger partial charge in [-0.25, -0.2) is 4.79 Å². The van der Waals surface area contributed by atoms with Crippen LogP contribution >= 0.6 is 0 Å². The van der Waals surface area contributed by atoms with Crippen LogP contribution in [0.4, 0.5) is 4.79 Å². The number of nitrogens with one attached hydrogen (secondary N) is 1. The van der Waals surface area contributed by atoms with E-state index in [9.17, 15) is 14.4 Å². The van der Waals surface area contributed by atoms with Gasteiger partial charge in [-0.05, 0) is 38.7 Å². The lowest BCUT2D eigenvalue weighted by Crippen LogP contribution is -2.54. The first-order valence-corrected chi connectivity index (χ1v) is 9.26. The first-order valence-electron chi connectivity index (χ1n) is 9.26. The molecule has 2 fully saturated rings. The molecule has 3 amide bonds. The normalized spacial score (nSPS) is 25.7. The van der Waals surface area contributed by atoms with Crippen molar-refractivity contribution < 1.29 is 14.4 Å². The van der Waals surface area contributed by atoms with Gasteiger partial charge >= 0.3 is 6.03 Å². The highest BCUT2D eigenvalue weighted by Crippen LogP contribution is 2.38. The lowest BCUT2D eigenvalue weighted by Gasteiger charge is -2.36. The molecule has 1 aliphatic carbocycles. The van der Waals surface area contributed by atoms with Crippen LogP contribution in [0.1, 0.15) is 54.4 Å². The fourth-order valence-corrected chi connectivity index (χ4v) is 4.36. The van der Waals surface area contributed by atoms with Gasteiger partial charge in [-0.3, -0.25) is 14.5 Å². The van der Waals surface area contributed by atoms with Gasteiger partial charge in [-0.2, -0.15) is 0 Å². The molecule has 26 heavy (non-hydrogen) atoms. The third-order valence-electron chi connectivity index (χ3n) is 5.99. The zero-order valence-electron chi connectivity index (χ0n) is 15.8. The van der Waals surface area contributed by atoms with Gasteiger partial charge < -0.3 is 9.88 Å². The number of hydrogen-bond acceptors (Lipinski definition) is 3. The Kier molecular flexibility index (Phi) is 4.78. The maximum atomic E-state index is 13.0. The van der Waals surface area contributed by atoms with E-state index in [0.717, 1.165) is 35.6 Å². The topological polar surface area (TPSA) is 71.4 Å². The molecule has 1 spiro atoms. The highest BCUT2D eigenvalue weighted by atomic mass is 16.2. The van der Waals surface area contributed by atoms with E-state index >= 15 is 0 Å². The van der Waals surface area contributed by atoms with Crippen LogP contribution in [0.25, 0.3) is 0 Å². The second-order valence-electron chi connectivity index (χ2n) is 7.55. The predicted molar refractivity (Wildman–Crippen MR) is 99.0 cm³/mol. The maximum Gasteiger partial charge on any atom is 0.325 e. The van der Waals surface area contributed by atoms with Crippen molar-refractivity contribution in [3.05, 3.63) is 35.7 Å². The van der Waals surface area contributed by atoms with Gasteiger partial charge in [0.15, 0.2) is 5.78 Å². The Hall–Kier alpha value is -2.37. The van der Waals surface area contributed by atoms with Crippen LogP contribution in [-0.4, -0.2) is 39.3 Å². The first-order chi connectivity index (χ1) is 12.3. The molecule has 6 heteroatoms. The van der Waals surface area contributed by atoms with Crippen molar-refractivity contribution in [2.75, 3.05) is 6.54 Å². The smallest absolute Gasteiger partial charge is 0.325 e. The Balaban J connectivity index is 1.82. The summed E-state index contributed by atoms with van der Waals surface area (Å²) < 4.78 is 2.00. The highest BCUT2D eigenvalue weighted by molar-refractivity contribution is 6.11. The third kappa shape index (κ3) is 2.77. The Morgan fingerprint density at radius 1 is 1.38 bits per heavy atom. The minimum atomic E-state index is -0.824. The Morgan fingerprint density at radius 3 is 2.77 bits per heavy atom. The average molecular weight is 357 g/mol. The molecular formula is C20H27N3O3. The van der Waals surface area contributed by atoms with Gasteiger partial charge in [0.1, 0.15) is 5.54 Å². The Labute approximate surface area is 154 Å². The van der Waals surface area contributed by atoms with Crippen LogP contribution < -0.4 is 5.32 Å². The minimum Gasteiger partial charge on any atom is -0.345 e. The van der Waals surface area contributed by atoms with Gasteiger partial charge in [0.25, 0.3) is 5.91 Å². The average Bonchev–Trinajstić information content (AvgIpc) is 3.01. The number of allylic oxidation sites excluding steroid dienone is 1. The van der Waals surface area contributed by atoms with Crippen molar-refractivity contribution in [1.29, 1.82) is 0 Å². The number of rotatable bonds is 5. The van der Waals surface area contributed by atoms with Crippen LogP contribution in [0.15, 0.2) is 18.7 Å². The number of ketones is 1. The zero-order chi connectivity index (χ0) is 19.1. The number of imide groups is 1. The molecule has 0 bridgehead atoms. The second kappa shape index (κ2) is 6.74. The summed E-state index contributed by atoms with van der Waals surface area (Å²) in [5, 5.41) is 2.89. The summed E-state index contributed by atoms with van der Waals surface area (Å²) >= 11 is 0. The number of urea groups is 1. The maximum absolute atomic E-state index is 13.0. The molecular weight excluding hydrogens is 330 g/mol. The van der Waals surface area contributed by atoms with E-state index < -0.39 is 11.6 Å². The SMILES string of the molecule is C=CCn1c(C)cc(C(=O)CN2C(=O)N[C@@]3(CCCC[C@@H]3C)C2=O)c1C. The molecule has 1 aliphatic heterocycles. The number of carbonyl (C=O) groups excluding carboxylic acids is 3. The molecule has 0 aromatic carbocycles. The number of carbonyl (C=O) groups is 3. The first kappa shape index (κ1) is 18.4. The van der Waals surface area contributed by atoms with Crippen molar-refractivity contribution in [1.82, 2.24) is 14.8 Å². The summed E-state index contributed by atoms with van der Waals surface area (Å²) in [4.78, 5) is 39.4. The molecule has 2 atom stereocenters. The van der Waals surface area contributed by atoms with E-state index in [-0.39, 0.29) is 24.2 Å². The fourth-order valence-electron chi connectivity index (χ4n) is 4.36. The summed E-state index contributed by atoms with van der Waals surface area (Å²) in [6, 6.07) is 1.37. The molecule has 2 aliphatic rings. The summed E-state index contributed by atoms with van der Waals surface area (Å²) in [5.41, 5.74) is 1.53. The number of amides is 3. The van der Waals surface area contributed by atoms with Gasteiger partial charge in [0.05, 0.1) is 6.54 Å². The zero-order valence-corrected chi connectivity index (χ0v) is 15.8. The van der Waals surface area contributed by atoms with Gasteiger partial charge in [0, 0.05) is 23.5 Å². The van der Waals surface area contributed by atoms with E-state index in [1.165, 1.54) is 0 Å². The summed E-state index contributed by atoms with van der Waals surface area (Å²) in [6.07, 6.45) is 5.33. The number of aromatic nitrogens is 1. The van der Waals surface area contributed by atoms with E-state index in [1.807, 2.05) is 31.4 Å². The fraction of sp³-hybridized carbons (Fsp3) is 0.550. The molecule has 0 unspecified atom stereocenters. The van der Waals surface area contributed by atoms with Crippen molar-refractivity contribution >= 4 is 17.7 Å². The highest BCUT2D eigenvalue weighted by Gasteiger charge is 2.55. The second-order valence-corrected chi connectivity index (χ2v) is 7.55. The minimum absolute atomic E-state index is 0.0884. The van der Waals surface area contributed by atoms with Crippen molar-refractivity contribution in [2.24, 2.45) is 5.92 Å². The quantitative estimate of drug-likeness (QED) is 0.500. The van der Waals surface area contributed by atoms with Gasteiger partial charge in [0.2, 0.25) is 0 Å². The van der Waals surface area contributed by atoms with E-state index in [4.69, 9.17) is 0 Å². The number of nitrogens with zero attached hydrogens (tertiary/aromatic N) is 2. The van der Waals surface area contributed by atoms with Crippen LogP contribution in [-0.2, 0) is 11.3 Å². The molecule has 1 saturated heterocycles. The van der Waals surface area contributed by atoms with Crippen LogP contribution in [0.5, 0.6) is 0 Å². The van der Waals surface area contributed by atoms with Crippen molar-refractivity contribution in [3.8, 4) is 0 Å². The van der Waals surface area contributed by atoms with Crippen LogP contribution in [0, 0.1) is 19.8 Å². The van der Waals surface area contributed by atoms with Gasteiger partial charge in [-0.15, -0.1) is 6.58 Å². The van der Waals surface area contributed by atoms with Crippen molar-refractivity contribution in [3.63, 3.8) is 0 Å². The third-order valence-corrected chi connectivity index (χ3v) is 5.99. The molecule has 3 rings (SSSR count). The van der Waals surface area contributed by atoms with E-state index in [0.29, 0.717) is 18.5 Å². The summed E-state index contributed by atoms with van der Waals surface area (Å²) in [6.45, 7) is 9.96. The molecule has 1 aromatic heterocycles. The molecule has 1 saturated carbocycles. The summed E-state index contributed by atoms with van der Waals surface area (Å²) in [5.74, 6) is -0.370. The Morgan fingerprint density at radius 2 is 2.12 bits per heavy atom.